The number of carboxylic acids is 1. The first kappa shape index (κ1) is 15.1. The average molecular weight is 288 g/mol. The fraction of sp³-hybridized carbons (Fsp3) is 0.375. The molecule has 2 aromatic rings. The van der Waals surface area contributed by atoms with Crippen LogP contribution in [-0.4, -0.2) is 20.9 Å². The predicted molar refractivity (Wildman–Crippen MR) is 79.8 cm³/mol. The smallest absolute Gasteiger partial charge is 0.339 e. The number of hydrogen-bond acceptors (Lipinski definition) is 3. The highest BCUT2D eigenvalue weighted by atomic mass is 16.5. The molecule has 0 amide bonds. The van der Waals surface area contributed by atoms with Gasteiger partial charge in [-0.1, -0.05) is 26.0 Å². The van der Waals surface area contributed by atoms with Gasteiger partial charge in [-0.05, 0) is 30.0 Å². The Morgan fingerprint density at radius 3 is 2.76 bits per heavy atom. The van der Waals surface area contributed by atoms with Crippen molar-refractivity contribution in [1.29, 1.82) is 0 Å². The first-order valence-electron chi connectivity index (χ1n) is 6.87. The maximum absolute atomic E-state index is 11.2. The van der Waals surface area contributed by atoms with Gasteiger partial charge in [0.1, 0.15) is 17.9 Å². The number of benzene rings is 1. The Kier molecular flexibility index (Phi) is 4.31. The summed E-state index contributed by atoms with van der Waals surface area (Å²) >= 11 is 0. The lowest BCUT2D eigenvalue weighted by Gasteiger charge is -2.15. The number of aryl methyl sites for hydroxylation is 2. The number of ether oxygens (including phenoxy) is 1. The zero-order chi connectivity index (χ0) is 15.6. The minimum Gasteiger partial charge on any atom is -0.487 e. The lowest BCUT2D eigenvalue weighted by atomic mass is 10.0. The van der Waals surface area contributed by atoms with Gasteiger partial charge in [0.05, 0.1) is 11.9 Å². The third kappa shape index (κ3) is 3.24. The fourth-order valence-electron chi connectivity index (χ4n) is 2.20. The van der Waals surface area contributed by atoms with E-state index >= 15 is 0 Å². The molecule has 112 valence electrons. The van der Waals surface area contributed by atoms with Gasteiger partial charge in [-0.15, -0.1) is 0 Å². The minimum atomic E-state index is -0.991. The van der Waals surface area contributed by atoms with Crippen molar-refractivity contribution in [2.24, 2.45) is 7.05 Å². The summed E-state index contributed by atoms with van der Waals surface area (Å²) in [4.78, 5) is 11.2. The van der Waals surface area contributed by atoms with Crippen molar-refractivity contribution in [2.75, 3.05) is 0 Å². The molecule has 0 saturated heterocycles. The summed E-state index contributed by atoms with van der Waals surface area (Å²) in [5, 5.41) is 13.1. The molecule has 5 heteroatoms. The highest BCUT2D eigenvalue weighted by Crippen LogP contribution is 2.28. The van der Waals surface area contributed by atoms with E-state index in [-0.39, 0.29) is 12.2 Å². The number of hydrogen-bond donors (Lipinski definition) is 1. The first-order chi connectivity index (χ1) is 9.90. The molecule has 1 heterocycles. The van der Waals surface area contributed by atoms with E-state index < -0.39 is 5.97 Å². The molecule has 1 aromatic heterocycles. The Morgan fingerprint density at radius 1 is 1.43 bits per heavy atom. The van der Waals surface area contributed by atoms with Crippen LogP contribution < -0.4 is 4.74 Å². The van der Waals surface area contributed by atoms with Gasteiger partial charge in [0.15, 0.2) is 0 Å². The second kappa shape index (κ2) is 5.99. The number of aromatic carboxylic acids is 1. The highest BCUT2D eigenvalue weighted by Gasteiger charge is 2.16. The number of aromatic nitrogens is 2. The topological polar surface area (TPSA) is 64.3 Å². The summed E-state index contributed by atoms with van der Waals surface area (Å²) in [5.41, 5.74) is 2.95. The van der Waals surface area contributed by atoms with Crippen LogP contribution in [-0.2, 0) is 13.7 Å². The quantitative estimate of drug-likeness (QED) is 0.918. The van der Waals surface area contributed by atoms with Gasteiger partial charge in [0.2, 0.25) is 0 Å². The van der Waals surface area contributed by atoms with Gasteiger partial charge in [0.25, 0.3) is 0 Å². The maximum atomic E-state index is 11.2. The summed E-state index contributed by atoms with van der Waals surface area (Å²) in [5.74, 6) is 0.142. The van der Waals surface area contributed by atoms with Crippen LogP contribution in [0.2, 0.25) is 0 Å². The first-order valence-corrected chi connectivity index (χ1v) is 6.87. The van der Waals surface area contributed by atoms with E-state index in [1.54, 1.807) is 7.05 Å². The van der Waals surface area contributed by atoms with Crippen LogP contribution in [0.4, 0.5) is 0 Å². The summed E-state index contributed by atoms with van der Waals surface area (Å²) in [6.07, 6.45) is 1.35. The van der Waals surface area contributed by atoms with E-state index in [1.165, 1.54) is 10.9 Å². The molecule has 0 aliphatic rings. The van der Waals surface area contributed by atoms with Crippen LogP contribution in [0.3, 0.4) is 0 Å². The van der Waals surface area contributed by atoms with Crippen molar-refractivity contribution in [3.05, 3.63) is 46.8 Å². The predicted octanol–water partition coefficient (Wildman–Crippen LogP) is 3.13. The Labute approximate surface area is 124 Å². The molecule has 21 heavy (non-hydrogen) atoms. The van der Waals surface area contributed by atoms with Crippen LogP contribution in [0, 0.1) is 6.92 Å². The maximum Gasteiger partial charge on any atom is 0.339 e. The zero-order valence-corrected chi connectivity index (χ0v) is 12.8. The molecule has 0 fully saturated rings. The molecule has 1 N–H and O–H groups in total. The van der Waals surface area contributed by atoms with E-state index in [9.17, 15) is 4.79 Å². The molecular formula is C16H20N2O3. The van der Waals surface area contributed by atoms with E-state index in [0.29, 0.717) is 11.6 Å². The Balaban J connectivity index is 2.26. The van der Waals surface area contributed by atoms with Gasteiger partial charge < -0.3 is 9.84 Å². The van der Waals surface area contributed by atoms with E-state index in [2.05, 4.69) is 31.1 Å². The van der Waals surface area contributed by atoms with Crippen molar-refractivity contribution < 1.29 is 14.6 Å². The summed E-state index contributed by atoms with van der Waals surface area (Å²) in [6.45, 7) is 6.39. The third-order valence-corrected chi connectivity index (χ3v) is 3.45. The van der Waals surface area contributed by atoms with E-state index in [0.717, 1.165) is 16.9 Å². The summed E-state index contributed by atoms with van der Waals surface area (Å²) < 4.78 is 7.41. The molecular weight excluding hydrogens is 268 g/mol. The van der Waals surface area contributed by atoms with Crippen molar-refractivity contribution in [3.8, 4) is 5.75 Å². The molecule has 0 spiro atoms. The molecule has 0 unspecified atom stereocenters. The van der Waals surface area contributed by atoms with E-state index in [1.807, 2.05) is 13.0 Å². The number of rotatable bonds is 5. The lowest BCUT2D eigenvalue weighted by molar-refractivity contribution is 0.0693. The molecule has 0 atom stereocenters. The van der Waals surface area contributed by atoms with Gasteiger partial charge in [0, 0.05) is 7.05 Å². The van der Waals surface area contributed by atoms with Gasteiger partial charge in [-0.2, -0.15) is 5.10 Å². The van der Waals surface area contributed by atoms with Crippen molar-refractivity contribution in [1.82, 2.24) is 9.78 Å². The van der Waals surface area contributed by atoms with Crippen molar-refractivity contribution in [3.63, 3.8) is 0 Å². The van der Waals surface area contributed by atoms with Crippen LogP contribution in [0.15, 0.2) is 24.4 Å². The summed E-state index contributed by atoms with van der Waals surface area (Å²) in [7, 11) is 1.71. The third-order valence-electron chi connectivity index (χ3n) is 3.45. The van der Waals surface area contributed by atoms with Crippen LogP contribution >= 0.6 is 0 Å². The van der Waals surface area contributed by atoms with Crippen molar-refractivity contribution in [2.45, 2.75) is 33.3 Å². The standard InChI is InChI=1S/C16H20N2O3/c1-10(2)12-6-5-11(3)7-15(12)21-9-14-13(16(19)20)8-17-18(14)4/h5-8,10H,9H2,1-4H3,(H,19,20). The van der Waals surface area contributed by atoms with Gasteiger partial charge >= 0.3 is 5.97 Å². The highest BCUT2D eigenvalue weighted by molar-refractivity contribution is 5.88. The van der Waals surface area contributed by atoms with Gasteiger partial charge in [-0.3, -0.25) is 4.68 Å². The molecule has 1 aromatic carbocycles. The minimum absolute atomic E-state index is 0.177. The van der Waals surface area contributed by atoms with Crippen molar-refractivity contribution >= 4 is 5.97 Å². The van der Waals surface area contributed by atoms with E-state index in [4.69, 9.17) is 9.84 Å². The molecule has 5 nitrogen and oxygen atoms in total. The number of nitrogens with zero attached hydrogens (tertiary/aromatic N) is 2. The lowest BCUT2D eigenvalue weighted by Crippen LogP contribution is -2.09. The molecule has 0 aliphatic heterocycles. The largest absolute Gasteiger partial charge is 0.487 e. The Morgan fingerprint density at radius 2 is 2.14 bits per heavy atom. The molecule has 2 rings (SSSR count). The monoisotopic (exact) mass is 288 g/mol. The SMILES string of the molecule is Cc1ccc(C(C)C)c(OCc2c(C(=O)O)cnn2C)c1. The van der Waals surface area contributed by atoms with Crippen LogP contribution in [0.25, 0.3) is 0 Å². The molecule has 0 aliphatic carbocycles. The fourth-order valence-corrected chi connectivity index (χ4v) is 2.20. The average Bonchev–Trinajstić information content (AvgIpc) is 2.77. The Bertz CT molecular complexity index is 660. The summed E-state index contributed by atoms with van der Waals surface area (Å²) in [6, 6.07) is 6.08. The molecule has 0 radical (unpaired) electrons. The number of carbonyl (C=O) groups is 1. The zero-order valence-electron chi connectivity index (χ0n) is 12.8. The number of carboxylic acid groups (broad SMARTS) is 1. The van der Waals surface area contributed by atoms with Gasteiger partial charge in [-0.25, -0.2) is 4.79 Å². The van der Waals surface area contributed by atoms with Crippen LogP contribution in [0.1, 0.15) is 46.9 Å². The Hall–Kier alpha value is -2.30. The van der Waals surface area contributed by atoms with Crippen LogP contribution in [0.5, 0.6) is 5.75 Å². The molecule has 0 saturated carbocycles. The second-order valence-electron chi connectivity index (χ2n) is 5.42. The second-order valence-corrected chi connectivity index (χ2v) is 5.42. The molecule has 0 bridgehead atoms. The normalized spacial score (nSPS) is 10.9.